The molecule has 0 spiro atoms. The van der Waals surface area contributed by atoms with Crippen LogP contribution >= 0.6 is 0 Å². The minimum absolute atomic E-state index is 0.166. The van der Waals surface area contributed by atoms with Gasteiger partial charge in [-0.05, 0) is 32.0 Å². The topological polar surface area (TPSA) is 44.3 Å². The maximum atomic E-state index is 13.9. The van der Waals surface area contributed by atoms with Gasteiger partial charge in [0.15, 0.2) is 0 Å². The molecule has 0 saturated carbocycles. The molecule has 1 aliphatic heterocycles. The number of para-hydroxylation sites is 1. The summed E-state index contributed by atoms with van der Waals surface area (Å²) in [7, 11) is 0. The zero-order valence-electron chi connectivity index (χ0n) is 13.5. The molecule has 5 nitrogen and oxygen atoms in total. The molecule has 1 aromatic heterocycles. The summed E-state index contributed by atoms with van der Waals surface area (Å²) in [6, 6.07) is 9.13. The lowest BCUT2D eigenvalue weighted by Crippen LogP contribution is -2.47. The molecular formula is C17H22FN5. The van der Waals surface area contributed by atoms with E-state index in [9.17, 15) is 4.39 Å². The van der Waals surface area contributed by atoms with Gasteiger partial charge < -0.3 is 15.1 Å². The van der Waals surface area contributed by atoms with Crippen LogP contribution in [-0.2, 0) is 0 Å². The Morgan fingerprint density at radius 3 is 2.43 bits per heavy atom. The molecule has 2 aromatic rings. The van der Waals surface area contributed by atoms with Crippen molar-refractivity contribution in [1.82, 2.24) is 9.97 Å². The molecule has 1 aromatic carbocycles. The second-order valence-electron chi connectivity index (χ2n) is 5.97. The van der Waals surface area contributed by atoms with Crippen LogP contribution in [0.15, 0.2) is 36.5 Å². The lowest BCUT2D eigenvalue weighted by atomic mass is 10.2. The molecule has 3 rings (SSSR count). The molecule has 1 N–H and O–H groups in total. The first kappa shape index (κ1) is 15.5. The fourth-order valence-electron chi connectivity index (χ4n) is 2.73. The van der Waals surface area contributed by atoms with Gasteiger partial charge in [0.05, 0.1) is 5.69 Å². The number of nitrogens with zero attached hydrogens (tertiary/aromatic N) is 4. The highest BCUT2D eigenvalue weighted by Crippen LogP contribution is 2.21. The van der Waals surface area contributed by atoms with Crippen LogP contribution in [0.1, 0.15) is 13.8 Å². The predicted octanol–water partition coefficient (Wildman–Crippen LogP) is 2.76. The molecule has 1 saturated heterocycles. The van der Waals surface area contributed by atoms with Crippen LogP contribution in [-0.4, -0.2) is 42.2 Å². The number of benzene rings is 1. The Morgan fingerprint density at radius 1 is 1.04 bits per heavy atom. The van der Waals surface area contributed by atoms with Crippen molar-refractivity contribution in [2.45, 2.75) is 19.9 Å². The lowest BCUT2D eigenvalue weighted by molar-refractivity contribution is 0.594. The van der Waals surface area contributed by atoms with Gasteiger partial charge in [-0.1, -0.05) is 12.1 Å². The van der Waals surface area contributed by atoms with E-state index in [1.165, 1.54) is 6.07 Å². The molecule has 0 atom stereocenters. The Bertz CT molecular complexity index is 653. The monoisotopic (exact) mass is 315 g/mol. The summed E-state index contributed by atoms with van der Waals surface area (Å²) in [4.78, 5) is 13.1. The molecule has 0 amide bonds. The quantitative estimate of drug-likeness (QED) is 0.940. The molecule has 2 heterocycles. The van der Waals surface area contributed by atoms with Crippen molar-refractivity contribution < 1.29 is 4.39 Å². The Hall–Kier alpha value is -2.37. The van der Waals surface area contributed by atoms with Gasteiger partial charge >= 0.3 is 0 Å². The van der Waals surface area contributed by atoms with E-state index in [-0.39, 0.29) is 5.82 Å². The molecule has 0 bridgehead atoms. The first-order chi connectivity index (χ1) is 11.1. The Balaban J connectivity index is 1.66. The van der Waals surface area contributed by atoms with E-state index in [1.807, 2.05) is 18.2 Å². The number of hydrogen-bond acceptors (Lipinski definition) is 5. The fraction of sp³-hybridized carbons (Fsp3) is 0.412. The van der Waals surface area contributed by atoms with Crippen LogP contribution in [0.5, 0.6) is 0 Å². The van der Waals surface area contributed by atoms with E-state index in [2.05, 4.69) is 38.9 Å². The van der Waals surface area contributed by atoms with Crippen molar-refractivity contribution >= 4 is 17.5 Å². The lowest BCUT2D eigenvalue weighted by Gasteiger charge is -2.36. The van der Waals surface area contributed by atoms with E-state index in [1.54, 1.807) is 12.3 Å². The standard InChI is InChI=1S/C17H22FN5/c1-13(2)20-16-7-8-19-17(21-16)23-11-9-22(10-12-23)15-6-4-3-5-14(15)18/h3-8,13H,9-12H2,1-2H3,(H,19,20,21). The summed E-state index contributed by atoms with van der Waals surface area (Å²) in [5.41, 5.74) is 0.670. The number of halogens is 1. The predicted molar refractivity (Wildman–Crippen MR) is 91.6 cm³/mol. The molecule has 0 unspecified atom stereocenters. The summed E-state index contributed by atoms with van der Waals surface area (Å²) in [5, 5.41) is 3.29. The number of anilines is 3. The largest absolute Gasteiger partial charge is 0.368 e. The number of aromatic nitrogens is 2. The third-order valence-corrected chi connectivity index (χ3v) is 3.84. The summed E-state index contributed by atoms with van der Waals surface area (Å²) < 4.78 is 13.9. The maximum absolute atomic E-state index is 13.9. The van der Waals surface area contributed by atoms with Gasteiger partial charge in [-0.25, -0.2) is 9.37 Å². The van der Waals surface area contributed by atoms with Crippen LogP contribution in [0, 0.1) is 5.82 Å². The summed E-state index contributed by atoms with van der Waals surface area (Å²) in [6.07, 6.45) is 1.77. The van der Waals surface area contributed by atoms with Crippen LogP contribution in [0.4, 0.5) is 21.8 Å². The van der Waals surface area contributed by atoms with Crippen molar-refractivity contribution in [2.75, 3.05) is 41.3 Å². The number of hydrogen-bond donors (Lipinski definition) is 1. The van der Waals surface area contributed by atoms with Crippen molar-refractivity contribution in [1.29, 1.82) is 0 Å². The highest BCUT2D eigenvalue weighted by atomic mass is 19.1. The average molecular weight is 315 g/mol. The van der Waals surface area contributed by atoms with E-state index in [4.69, 9.17) is 0 Å². The van der Waals surface area contributed by atoms with E-state index < -0.39 is 0 Å². The van der Waals surface area contributed by atoms with Crippen LogP contribution in [0.3, 0.4) is 0 Å². The van der Waals surface area contributed by atoms with Gasteiger partial charge in [-0.15, -0.1) is 0 Å². The zero-order chi connectivity index (χ0) is 16.2. The fourth-order valence-corrected chi connectivity index (χ4v) is 2.73. The summed E-state index contributed by atoms with van der Waals surface area (Å²) in [6.45, 7) is 7.22. The van der Waals surface area contributed by atoms with Gasteiger partial charge in [0, 0.05) is 38.4 Å². The number of piperazine rings is 1. The zero-order valence-corrected chi connectivity index (χ0v) is 13.5. The maximum Gasteiger partial charge on any atom is 0.227 e. The molecule has 0 aliphatic carbocycles. The molecule has 0 radical (unpaired) electrons. The second kappa shape index (κ2) is 6.81. The van der Waals surface area contributed by atoms with Gasteiger partial charge in [0.25, 0.3) is 0 Å². The van der Waals surface area contributed by atoms with Crippen molar-refractivity contribution in [2.24, 2.45) is 0 Å². The Morgan fingerprint density at radius 2 is 1.74 bits per heavy atom. The minimum Gasteiger partial charge on any atom is -0.368 e. The summed E-state index contributed by atoms with van der Waals surface area (Å²) in [5.74, 6) is 1.39. The Kier molecular flexibility index (Phi) is 4.60. The molecule has 122 valence electrons. The van der Waals surface area contributed by atoms with Gasteiger partial charge in [0.1, 0.15) is 11.6 Å². The first-order valence-electron chi connectivity index (χ1n) is 7.97. The average Bonchev–Trinajstić information content (AvgIpc) is 2.55. The third kappa shape index (κ3) is 3.70. The molecule has 23 heavy (non-hydrogen) atoms. The van der Waals surface area contributed by atoms with E-state index in [0.717, 1.165) is 37.9 Å². The normalized spacial score (nSPS) is 15.1. The van der Waals surface area contributed by atoms with Crippen molar-refractivity contribution in [3.63, 3.8) is 0 Å². The van der Waals surface area contributed by atoms with Gasteiger partial charge in [-0.2, -0.15) is 4.98 Å². The highest BCUT2D eigenvalue weighted by molar-refractivity contribution is 5.50. The Labute approximate surface area is 136 Å². The van der Waals surface area contributed by atoms with Gasteiger partial charge in [0.2, 0.25) is 5.95 Å². The van der Waals surface area contributed by atoms with E-state index >= 15 is 0 Å². The second-order valence-corrected chi connectivity index (χ2v) is 5.97. The number of nitrogens with one attached hydrogen (secondary N) is 1. The SMILES string of the molecule is CC(C)Nc1ccnc(N2CCN(c3ccccc3F)CC2)n1. The van der Waals surface area contributed by atoms with Crippen LogP contribution < -0.4 is 15.1 Å². The smallest absolute Gasteiger partial charge is 0.227 e. The molecular weight excluding hydrogens is 293 g/mol. The van der Waals surface area contributed by atoms with Crippen LogP contribution in [0.2, 0.25) is 0 Å². The first-order valence-corrected chi connectivity index (χ1v) is 7.97. The minimum atomic E-state index is -0.166. The molecule has 1 aliphatic rings. The van der Waals surface area contributed by atoms with E-state index in [0.29, 0.717) is 11.7 Å². The van der Waals surface area contributed by atoms with Gasteiger partial charge in [-0.3, -0.25) is 0 Å². The number of rotatable bonds is 4. The molecule has 6 heteroatoms. The van der Waals surface area contributed by atoms with Crippen molar-refractivity contribution in [3.05, 3.63) is 42.3 Å². The summed E-state index contributed by atoms with van der Waals surface area (Å²) >= 11 is 0. The van der Waals surface area contributed by atoms with Crippen molar-refractivity contribution in [3.8, 4) is 0 Å². The van der Waals surface area contributed by atoms with Crippen LogP contribution in [0.25, 0.3) is 0 Å². The highest BCUT2D eigenvalue weighted by Gasteiger charge is 2.21. The molecule has 1 fully saturated rings. The third-order valence-electron chi connectivity index (χ3n) is 3.84.